The molecule has 0 radical (unpaired) electrons. The third kappa shape index (κ3) is 3.29. The molecule has 0 aromatic heterocycles. The molecule has 0 saturated carbocycles. The maximum atomic E-state index is 11.5. The predicted octanol–water partition coefficient (Wildman–Crippen LogP) is 1.97. The Hall–Kier alpha value is -1.42. The molecule has 0 aliphatic rings. The predicted molar refractivity (Wildman–Crippen MR) is 69.7 cm³/mol. The molecule has 98 valence electrons. The van der Waals surface area contributed by atoms with Gasteiger partial charge in [-0.3, -0.25) is 10.1 Å². The highest BCUT2D eigenvalue weighted by atomic mass is 127. The molecule has 0 unspecified atom stereocenters. The number of halogens is 1. The van der Waals surface area contributed by atoms with Crippen LogP contribution < -0.4 is 4.74 Å². The van der Waals surface area contributed by atoms with Gasteiger partial charge in [0.15, 0.2) is 6.79 Å². The van der Waals surface area contributed by atoms with E-state index < -0.39 is 10.9 Å². The van der Waals surface area contributed by atoms with Crippen molar-refractivity contribution in [3.8, 4) is 5.75 Å². The lowest BCUT2D eigenvalue weighted by molar-refractivity contribution is -0.385. The Morgan fingerprint density at radius 3 is 2.61 bits per heavy atom. The van der Waals surface area contributed by atoms with Gasteiger partial charge in [0.2, 0.25) is 0 Å². The van der Waals surface area contributed by atoms with Crippen molar-refractivity contribution >= 4 is 34.2 Å². The summed E-state index contributed by atoms with van der Waals surface area (Å²) in [4.78, 5) is 21.8. The first-order valence-electron chi connectivity index (χ1n) is 4.69. The van der Waals surface area contributed by atoms with Gasteiger partial charge in [-0.15, -0.1) is 0 Å². The third-order valence-electron chi connectivity index (χ3n) is 1.98. The molecule has 0 aliphatic heterocycles. The summed E-state index contributed by atoms with van der Waals surface area (Å²) in [6, 6.07) is 2.52. The highest BCUT2D eigenvalue weighted by Crippen LogP contribution is 2.30. The van der Waals surface area contributed by atoms with Crippen LogP contribution >= 0.6 is 22.6 Å². The number of hydrogen-bond acceptors (Lipinski definition) is 6. The zero-order chi connectivity index (χ0) is 13.7. The fraction of sp³-hybridized carbons (Fsp3) is 0.300. The van der Waals surface area contributed by atoms with Crippen molar-refractivity contribution < 1.29 is 23.9 Å². The topological polar surface area (TPSA) is 87.9 Å². The van der Waals surface area contributed by atoms with Gasteiger partial charge in [0.25, 0.3) is 5.69 Å². The number of ether oxygens (including phenoxy) is 3. The van der Waals surface area contributed by atoms with E-state index in [1.54, 1.807) is 22.6 Å². The van der Waals surface area contributed by atoms with Gasteiger partial charge in [0, 0.05) is 7.11 Å². The van der Waals surface area contributed by atoms with Gasteiger partial charge in [-0.1, -0.05) is 0 Å². The van der Waals surface area contributed by atoms with Gasteiger partial charge < -0.3 is 14.2 Å². The summed E-state index contributed by atoms with van der Waals surface area (Å²) < 4.78 is 14.7. The molecule has 1 aromatic carbocycles. The quantitative estimate of drug-likeness (QED) is 0.260. The molecule has 0 spiro atoms. The van der Waals surface area contributed by atoms with Crippen molar-refractivity contribution in [2.24, 2.45) is 0 Å². The van der Waals surface area contributed by atoms with Crippen molar-refractivity contribution in [3.05, 3.63) is 31.4 Å². The maximum Gasteiger partial charge on any atom is 0.341 e. The van der Waals surface area contributed by atoms with Crippen LogP contribution in [-0.4, -0.2) is 31.9 Å². The zero-order valence-electron chi connectivity index (χ0n) is 9.64. The molecular weight excluding hydrogens is 357 g/mol. The van der Waals surface area contributed by atoms with Crippen LogP contribution in [0.15, 0.2) is 12.1 Å². The molecule has 0 bridgehead atoms. The summed E-state index contributed by atoms with van der Waals surface area (Å²) in [5.74, 6) is -0.579. The fourth-order valence-corrected chi connectivity index (χ4v) is 1.86. The van der Waals surface area contributed by atoms with Crippen LogP contribution in [0.2, 0.25) is 0 Å². The Labute approximate surface area is 116 Å². The van der Waals surface area contributed by atoms with E-state index in [1.165, 1.54) is 26.4 Å². The number of nitrogens with zero attached hydrogens (tertiary/aromatic N) is 1. The Bertz CT molecular complexity index is 476. The molecule has 0 N–H and O–H groups in total. The van der Waals surface area contributed by atoms with Crippen molar-refractivity contribution in [3.63, 3.8) is 0 Å². The molecule has 0 saturated heterocycles. The summed E-state index contributed by atoms with van der Waals surface area (Å²) in [6.07, 6.45) is 0. The van der Waals surface area contributed by atoms with Gasteiger partial charge in [-0.2, -0.15) is 0 Å². The summed E-state index contributed by atoms with van der Waals surface area (Å²) in [6.45, 7) is -0.123. The highest BCUT2D eigenvalue weighted by molar-refractivity contribution is 14.1. The summed E-state index contributed by atoms with van der Waals surface area (Å²) in [5, 5.41) is 10.8. The maximum absolute atomic E-state index is 11.5. The van der Waals surface area contributed by atoms with Gasteiger partial charge in [-0.05, 0) is 28.7 Å². The van der Waals surface area contributed by atoms with E-state index in [4.69, 9.17) is 9.47 Å². The van der Waals surface area contributed by atoms with E-state index >= 15 is 0 Å². The highest BCUT2D eigenvalue weighted by Gasteiger charge is 2.21. The van der Waals surface area contributed by atoms with E-state index in [-0.39, 0.29) is 23.8 Å². The molecule has 0 fully saturated rings. The molecule has 0 amide bonds. The minimum Gasteiger partial charge on any atom is -0.466 e. The lowest BCUT2D eigenvalue weighted by Gasteiger charge is -2.10. The Morgan fingerprint density at radius 1 is 1.44 bits per heavy atom. The van der Waals surface area contributed by atoms with Crippen molar-refractivity contribution in [1.82, 2.24) is 0 Å². The summed E-state index contributed by atoms with van der Waals surface area (Å²) in [7, 11) is 2.62. The monoisotopic (exact) mass is 367 g/mol. The van der Waals surface area contributed by atoms with Crippen LogP contribution in [-0.2, 0) is 9.47 Å². The third-order valence-corrected chi connectivity index (χ3v) is 2.85. The Kier molecular flexibility index (Phi) is 5.28. The average Bonchev–Trinajstić information content (AvgIpc) is 2.35. The number of hydrogen-bond donors (Lipinski definition) is 0. The second-order valence-corrected chi connectivity index (χ2v) is 4.26. The van der Waals surface area contributed by atoms with Gasteiger partial charge in [0.05, 0.1) is 21.7 Å². The molecule has 0 aliphatic carbocycles. The van der Waals surface area contributed by atoms with E-state index in [9.17, 15) is 14.9 Å². The van der Waals surface area contributed by atoms with Crippen LogP contribution in [0.4, 0.5) is 5.69 Å². The number of carbonyl (C=O) groups excluding carboxylic acids is 1. The molecule has 0 atom stereocenters. The van der Waals surface area contributed by atoms with Crippen molar-refractivity contribution in [2.75, 3.05) is 21.0 Å². The number of benzene rings is 1. The zero-order valence-corrected chi connectivity index (χ0v) is 11.8. The molecular formula is C10H10INO6. The van der Waals surface area contributed by atoms with Gasteiger partial charge in [-0.25, -0.2) is 4.79 Å². The lowest BCUT2D eigenvalue weighted by atomic mass is 10.2. The number of rotatable bonds is 5. The second kappa shape index (κ2) is 6.50. The first-order valence-corrected chi connectivity index (χ1v) is 5.77. The Morgan fingerprint density at radius 2 is 2.11 bits per heavy atom. The number of methoxy groups -OCH3 is 2. The second-order valence-electron chi connectivity index (χ2n) is 3.10. The van der Waals surface area contributed by atoms with Crippen molar-refractivity contribution in [1.29, 1.82) is 0 Å². The smallest absolute Gasteiger partial charge is 0.341 e. The number of nitro groups is 1. The van der Waals surface area contributed by atoms with Gasteiger partial charge >= 0.3 is 5.97 Å². The minimum absolute atomic E-state index is 0.0517. The van der Waals surface area contributed by atoms with Gasteiger partial charge in [0.1, 0.15) is 11.3 Å². The number of nitro benzene ring substituents is 1. The van der Waals surface area contributed by atoms with E-state index in [1.807, 2.05) is 0 Å². The van der Waals surface area contributed by atoms with Crippen molar-refractivity contribution in [2.45, 2.75) is 0 Å². The molecule has 7 nitrogen and oxygen atoms in total. The van der Waals surface area contributed by atoms with Crippen LogP contribution in [0, 0.1) is 13.7 Å². The summed E-state index contributed by atoms with van der Waals surface area (Å²) >= 11 is 1.77. The fourth-order valence-electron chi connectivity index (χ4n) is 1.19. The number of carbonyl (C=O) groups is 1. The first-order chi connectivity index (χ1) is 8.51. The Balaban J connectivity index is 3.27. The van der Waals surface area contributed by atoms with E-state index in [0.717, 1.165) is 0 Å². The molecule has 18 heavy (non-hydrogen) atoms. The first kappa shape index (κ1) is 14.6. The number of esters is 1. The largest absolute Gasteiger partial charge is 0.466 e. The normalized spacial score (nSPS) is 9.94. The summed E-state index contributed by atoms with van der Waals surface area (Å²) in [5.41, 5.74) is -0.0288. The van der Waals surface area contributed by atoms with Crippen LogP contribution in [0.3, 0.4) is 0 Å². The molecule has 1 rings (SSSR count). The van der Waals surface area contributed by atoms with E-state index in [2.05, 4.69) is 4.74 Å². The van der Waals surface area contributed by atoms with E-state index in [0.29, 0.717) is 3.57 Å². The van der Waals surface area contributed by atoms with Crippen LogP contribution in [0.1, 0.15) is 10.4 Å². The minimum atomic E-state index is -0.631. The molecule has 0 heterocycles. The molecule has 1 aromatic rings. The van der Waals surface area contributed by atoms with Crippen LogP contribution in [0.25, 0.3) is 0 Å². The standard InChI is InChI=1S/C10H10INO6/c1-16-5-18-9-4-8(12(14)15)7(11)3-6(9)10(13)17-2/h3-4H,5H2,1-2H3. The molecule has 8 heteroatoms. The average molecular weight is 367 g/mol. The SMILES string of the molecule is COCOc1cc([N+](=O)[O-])c(I)cc1C(=O)OC. The lowest BCUT2D eigenvalue weighted by Crippen LogP contribution is -2.09. The van der Waals surface area contributed by atoms with Crippen LogP contribution in [0.5, 0.6) is 5.75 Å².